The number of halogens is 1. The third-order valence-electron chi connectivity index (χ3n) is 2.66. The van der Waals surface area contributed by atoms with E-state index in [4.69, 9.17) is 10.2 Å². The minimum Gasteiger partial charge on any atom is -0.451 e. The van der Waals surface area contributed by atoms with E-state index in [-0.39, 0.29) is 17.5 Å². The number of amides is 1. The predicted octanol–water partition coefficient (Wildman–Crippen LogP) is 2.55. The predicted molar refractivity (Wildman–Crippen MR) is 74.7 cm³/mol. The first-order valence-corrected chi connectivity index (χ1v) is 6.28. The summed E-state index contributed by atoms with van der Waals surface area (Å²) >= 11 is 0. The molecule has 0 spiro atoms. The van der Waals surface area contributed by atoms with Crippen molar-refractivity contribution in [3.63, 3.8) is 0 Å². The van der Waals surface area contributed by atoms with Crippen molar-refractivity contribution >= 4 is 5.91 Å². The van der Waals surface area contributed by atoms with Crippen LogP contribution in [0, 0.1) is 5.82 Å². The molecule has 0 saturated carbocycles. The number of nitrogens with one attached hydrogen (secondary N) is 1. The molecule has 1 aromatic carbocycles. The fourth-order valence-corrected chi connectivity index (χ4v) is 1.62. The van der Waals surface area contributed by atoms with Gasteiger partial charge in [0.15, 0.2) is 5.76 Å². The second-order valence-corrected chi connectivity index (χ2v) is 5.34. The van der Waals surface area contributed by atoms with Crippen molar-refractivity contribution < 1.29 is 13.6 Å². The maximum absolute atomic E-state index is 12.8. The summed E-state index contributed by atoms with van der Waals surface area (Å²) < 4.78 is 18.3. The molecule has 106 valence electrons. The second kappa shape index (κ2) is 5.46. The highest BCUT2D eigenvalue weighted by atomic mass is 19.1. The van der Waals surface area contributed by atoms with Gasteiger partial charge in [-0.15, -0.1) is 0 Å². The zero-order chi connectivity index (χ0) is 14.8. The van der Waals surface area contributed by atoms with Crippen LogP contribution in [0.3, 0.4) is 0 Å². The van der Waals surface area contributed by atoms with Crippen LogP contribution >= 0.6 is 0 Å². The zero-order valence-electron chi connectivity index (χ0n) is 11.4. The van der Waals surface area contributed by atoms with E-state index in [9.17, 15) is 9.18 Å². The van der Waals surface area contributed by atoms with Gasteiger partial charge in [0, 0.05) is 17.6 Å². The van der Waals surface area contributed by atoms with E-state index in [1.54, 1.807) is 24.3 Å². The van der Waals surface area contributed by atoms with Gasteiger partial charge in [-0.3, -0.25) is 4.79 Å². The largest absolute Gasteiger partial charge is 0.451 e. The van der Waals surface area contributed by atoms with Gasteiger partial charge in [-0.25, -0.2) is 4.39 Å². The smallest absolute Gasteiger partial charge is 0.287 e. The van der Waals surface area contributed by atoms with E-state index in [1.807, 2.05) is 13.8 Å². The Labute approximate surface area is 116 Å². The Kier molecular flexibility index (Phi) is 3.90. The van der Waals surface area contributed by atoms with Crippen LogP contribution in [0.5, 0.6) is 0 Å². The Morgan fingerprint density at radius 1 is 1.25 bits per heavy atom. The molecule has 2 rings (SSSR count). The maximum atomic E-state index is 12.8. The number of benzene rings is 1. The zero-order valence-corrected chi connectivity index (χ0v) is 11.4. The summed E-state index contributed by atoms with van der Waals surface area (Å²) in [7, 11) is 0. The number of furan rings is 1. The van der Waals surface area contributed by atoms with Gasteiger partial charge in [0.1, 0.15) is 11.6 Å². The van der Waals surface area contributed by atoms with Crippen LogP contribution in [-0.2, 0) is 0 Å². The summed E-state index contributed by atoms with van der Waals surface area (Å²) in [6, 6.07) is 9.13. The number of rotatable bonds is 4. The third-order valence-corrected chi connectivity index (χ3v) is 2.66. The van der Waals surface area contributed by atoms with Crippen molar-refractivity contribution in [3.05, 3.63) is 48.0 Å². The first kappa shape index (κ1) is 14.3. The van der Waals surface area contributed by atoms with Crippen molar-refractivity contribution in [3.8, 4) is 11.3 Å². The van der Waals surface area contributed by atoms with Crippen LogP contribution in [0.25, 0.3) is 11.3 Å². The molecule has 1 aromatic heterocycles. The molecular weight excluding hydrogens is 259 g/mol. The van der Waals surface area contributed by atoms with Crippen LogP contribution in [0.4, 0.5) is 4.39 Å². The van der Waals surface area contributed by atoms with Crippen molar-refractivity contribution in [2.24, 2.45) is 5.73 Å². The van der Waals surface area contributed by atoms with E-state index in [1.165, 1.54) is 12.1 Å². The van der Waals surface area contributed by atoms with Gasteiger partial charge in [-0.1, -0.05) is 0 Å². The second-order valence-electron chi connectivity index (χ2n) is 5.34. The number of carbonyl (C=O) groups is 1. The summed E-state index contributed by atoms with van der Waals surface area (Å²) in [4.78, 5) is 11.9. The fraction of sp³-hybridized carbons (Fsp3) is 0.267. The van der Waals surface area contributed by atoms with Gasteiger partial charge in [-0.05, 0) is 50.2 Å². The average Bonchev–Trinajstić information content (AvgIpc) is 2.85. The van der Waals surface area contributed by atoms with Gasteiger partial charge in [0.25, 0.3) is 5.91 Å². The summed E-state index contributed by atoms with van der Waals surface area (Å²) in [5.41, 5.74) is 6.02. The van der Waals surface area contributed by atoms with Crippen LogP contribution in [0.2, 0.25) is 0 Å². The Bertz CT molecular complexity index is 597. The summed E-state index contributed by atoms with van der Waals surface area (Å²) in [6.07, 6.45) is 0. The lowest BCUT2D eigenvalue weighted by Gasteiger charge is -2.18. The van der Waals surface area contributed by atoms with Crippen molar-refractivity contribution in [2.75, 3.05) is 6.54 Å². The Hall–Kier alpha value is -2.14. The number of hydrogen-bond donors (Lipinski definition) is 2. The molecule has 20 heavy (non-hydrogen) atoms. The lowest BCUT2D eigenvalue weighted by molar-refractivity contribution is 0.0919. The minimum absolute atomic E-state index is 0.202. The molecule has 0 aliphatic rings. The molecule has 0 fully saturated rings. The molecule has 0 atom stereocenters. The standard InChI is InChI=1S/C15H17FN2O2/c1-15(2,17)9-18-14(19)13-8-7-12(20-13)10-3-5-11(16)6-4-10/h3-8H,9,17H2,1-2H3,(H,18,19). The summed E-state index contributed by atoms with van der Waals surface area (Å²) in [5.74, 6) is 0.0797. The van der Waals surface area contributed by atoms with Gasteiger partial charge in [-0.2, -0.15) is 0 Å². The van der Waals surface area contributed by atoms with Gasteiger partial charge < -0.3 is 15.5 Å². The molecule has 5 heteroatoms. The summed E-state index contributed by atoms with van der Waals surface area (Å²) in [5, 5.41) is 2.70. The van der Waals surface area contributed by atoms with E-state index in [0.29, 0.717) is 17.9 Å². The lowest BCUT2D eigenvalue weighted by Crippen LogP contribution is -2.45. The highest BCUT2D eigenvalue weighted by Crippen LogP contribution is 2.22. The Balaban J connectivity index is 2.09. The highest BCUT2D eigenvalue weighted by Gasteiger charge is 2.16. The molecule has 3 N–H and O–H groups in total. The maximum Gasteiger partial charge on any atom is 0.287 e. The fourth-order valence-electron chi connectivity index (χ4n) is 1.62. The van der Waals surface area contributed by atoms with E-state index in [2.05, 4.69) is 5.32 Å². The van der Waals surface area contributed by atoms with Crippen molar-refractivity contribution in [2.45, 2.75) is 19.4 Å². The monoisotopic (exact) mass is 276 g/mol. The average molecular weight is 276 g/mol. The molecule has 0 bridgehead atoms. The lowest BCUT2D eigenvalue weighted by atomic mass is 10.1. The molecule has 0 saturated heterocycles. The molecule has 0 radical (unpaired) electrons. The molecule has 4 nitrogen and oxygen atoms in total. The van der Waals surface area contributed by atoms with E-state index < -0.39 is 5.54 Å². The molecular formula is C15H17FN2O2. The van der Waals surface area contributed by atoms with E-state index in [0.717, 1.165) is 0 Å². The van der Waals surface area contributed by atoms with Crippen LogP contribution in [0.15, 0.2) is 40.8 Å². The first-order chi connectivity index (χ1) is 9.35. The quantitative estimate of drug-likeness (QED) is 0.901. The normalized spacial score (nSPS) is 11.4. The Morgan fingerprint density at radius 2 is 1.90 bits per heavy atom. The van der Waals surface area contributed by atoms with Crippen LogP contribution in [-0.4, -0.2) is 18.0 Å². The van der Waals surface area contributed by atoms with Gasteiger partial charge in [0.05, 0.1) is 0 Å². The Morgan fingerprint density at radius 3 is 2.50 bits per heavy atom. The van der Waals surface area contributed by atoms with Crippen molar-refractivity contribution in [1.29, 1.82) is 0 Å². The number of hydrogen-bond acceptors (Lipinski definition) is 3. The topological polar surface area (TPSA) is 68.3 Å². The SMILES string of the molecule is CC(C)(N)CNC(=O)c1ccc(-c2ccc(F)cc2)o1. The molecule has 0 aliphatic carbocycles. The number of carbonyl (C=O) groups excluding carboxylic acids is 1. The first-order valence-electron chi connectivity index (χ1n) is 6.28. The van der Waals surface area contributed by atoms with E-state index >= 15 is 0 Å². The van der Waals surface area contributed by atoms with Crippen LogP contribution in [0.1, 0.15) is 24.4 Å². The van der Waals surface area contributed by atoms with Crippen molar-refractivity contribution in [1.82, 2.24) is 5.32 Å². The molecule has 0 unspecified atom stereocenters. The number of nitrogens with two attached hydrogens (primary N) is 1. The van der Waals surface area contributed by atoms with Crippen LogP contribution < -0.4 is 11.1 Å². The molecule has 1 amide bonds. The summed E-state index contributed by atoms with van der Waals surface area (Å²) in [6.45, 7) is 3.98. The third kappa shape index (κ3) is 3.68. The highest BCUT2D eigenvalue weighted by molar-refractivity contribution is 5.92. The molecule has 0 aliphatic heterocycles. The molecule has 1 heterocycles. The molecule has 2 aromatic rings. The minimum atomic E-state index is -0.484. The van der Waals surface area contributed by atoms with Gasteiger partial charge >= 0.3 is 0 Å². The van der Waals surface area contributed by atoms with Gasteiger partial charge in [0.2, 0.25) is 0 Å².